The van der Waals surface area contributed by atoms with Gasteiger partial charge in [-0.25, -0.2) is 4.79 Å². The van der Waals surface area contributed by atoms with Crippen LogP contribution in [0, 0.1) is 11.3 Å². The SMILES string of the molecule is CC(C)(C)OC(=O)N1CCC(Oc2ccc(C(=O)N(CCOc3cccc(C#N)c3)Cc3ccccc3)cc2)CC1. The number of nitriles is 1. The highest BCUT2D eigenvalue weighted by Crippen LogP contribution is 2.22. The summed E-state index contributed by atoms with van der Waals surface area (Å²) in [7, 11) is 0. The van der Waals surface area contributed by atoms with Crippen LogP contribution in [-0.2, 0) is 11.3 Å². The van der Waals surface area contributed by atoms with Gasteiger partial charge in [-0.3, -0.25) is 4.79 Å². The van der Waals surface area contributed by atoms with Crippen LogP contribution >= 0.6 is 0 Å². The third-order valence-corrected chi connectivity index (χ3v) is 6.59. The van der Waals surface area contributed by atoms with Crippen LogP contribution < -0.4 is 9.47 Å². The number of carbonyl (C=O) groups excluding carboxylic acids is 2. The van der Waals surface area contributed by atoms with E-state index in [1.807, 2.05) is 63.2 Å². The number of amides is 2. The lowest BCUT2D eigenvalue weighted by Crippen LogP contribution is -2.44. The highest BCUT2D eigenvalue weighted by molar-refractivity contribution is 5.94. The summed E-state index contributed by atoms with van der Waals surface area (Å²) in [6, 6.07) is 26.1. The first-order chi connectivity index (χ1) is 19.7. The number of nitrogens with zero attached hydrogens (tertiary/aromatic N) is 3. The van der Waals surface area contributed by atoms with Gasteiger partial charge >= 0.3 is 6.09 Å². The first kappa shape index (κ1) is 29.5. The van der Waals surface area contributed by atoms with Crippen molar-refractivity contribution >= 4 is 12.0 Å². The first-order valence-corrected chi connectivity index (χ1v) is 13.9. The van der Waals surface area contributed by atoms with E-state index in [2.05, 4.69) is 6.07 Å². The van der Waals surface area contributed by atoms with Gasteiger partial charge in [0.1, 0.15) is 29.8 Å². The highest BCUT2D eigenvalue weighted by Gasteiger charge is 2.27. The standard InChI is InChI=1S/C33H37N3O5/c1-33(2,3)41-32(38)35-18-16-29(17-19-35)40-28-14-12-27(13-15-28)31(37)36(24-25-8-5-4-6-9-25)20-21-39-30-11-7-10-26(22-30)23-34/h4-15,22,29H,16-21,24H2,1-3H3. The highest BCUT2D eigenvalue weighted by atomic mass is 16.6. The average molecular weight is 556 g/mol. The molecule has 0 N–H and O–H groups in total. The third-order valence-electron chi connectivity index (χ3n) is 6.59. The van der Waals surface area contributed by atoms with Crippen molar-refractivity contribution in [2.24, 2.45) is 0 Å². The van der Waals surface area contributed by atoms with Crippen LogP contribution in [-0.4, -0.2) is 59.7 Å². The summed E-state index contributed by atoms with van der Waals surface area (Å²) < 4.78 is 17.5. The van der Waals surface area contributed by atoms with Crippen LogP contribution in [0.15, 0.2) is 78.9 Å². The Morgan fingerprint density at radius 3 is 2.32 bits per heavy atom. The number of ether oxygens (including phenoxy) is 3. The lowest BCUT2D eigenvalue weighted by molar-refractivity contribution is 0.0126. The Bertz CT molecular complexity index is 1340. The normalized spacial score (nSPS) is 13.7. The molecule has 1 fully saturated rings. The second-order valence-electron chi connectivity index (χ2n) is 11.0. The summed E-state index contributed by atoms with van der Waals surface area (Å²) in [6.45, 7) is 7.84. The zero-order chi connectivity index (χ0) is 29.2. The molecule has 8 nitrogen and oxygen atoms in total. The van der Waals surface area contributed by atoms with Crippen LogP contribution in [0.25, 0.3) is 0 Å². The van der Waals surface area contributed by atoms with Gasteiger partial charge in [0.25, 0.3) is 5.91 Å². The number of rotatable bonds is 9. The summed E-state index contributed by atoms with van der Waals surface area (Å²) in [5.41, 5.74) is 1.58. The second-order valence-corrected chi connectivity index (χ2v) is 11.0. The zero-order valence-electron chi connectivity index (χ0n) is 23.9. The fourth-order valence-electron chi connectivity index (χ4n) is 4.52. The number of benzene rings is 3. The predicted molar refractivity (Wildman–Crippen MR) is 156 cm³/mol. The molecule has 2 amide bonds. The van der Waals surface area contributed by atoms with E-state index in [4.69, 9.17) is 19.5 Å². The van der Waals surface area contributed by atoms with Crippen LogP contribution in [0.2, 0.25) is 0 Å². The Morgan fingerprint density at radius 2 is 1.66 bits per heavy atom. The molecule has 1 saturated heterocycles. The number of carbonyl (C=O) groups is 2. The maximum absolute atomic E-state index is 13.5. The molecule has 1 heterocycles. The first-order valence-electron chi connectivity index (χ1n) is 13.9. The Hall–Kier alpha value is -4.51. The van der Waals surface area contributed by atoms with Crippen molar-refractivity contribution < 1.29 is 23.8 Å². The number of hydrogen-bond donors (Lipinski definition) is 0. The topological polar surface area (TPSA) is 92.1 Å². The molecule has 0 unspecified atom stereocenters. The van der Waals surface area contributed by atoms with E-state index >= 15 is 0 Å². The van der Waals surface area contributed by atoms with Gasteiger partial charge < -0.3 is 24.0 Å². The van der Waals surface area contributed by atoms with E-state index < -0.39 is 5.60 Å². The van der Waals surface area contributed by atoms with Gasteiger partial charge in [0, 0.05) is 38.0 Å². The Kier molecular flexibility index (Phi) is 9.86. The summed E-state index contributed by atoms with van der Waals surface area (Å²) in [6.07, 6.45) is 1.12. The van der Waals surface area contributed by atoms with Crippen molar-refractivity contribution in [1.82, 2.24) is 9.80 Å². The fraction of sp³-hybridized carbons (Fsp3) is 0.364. The van der Waals surface area contributed by atoms with E-state index in [0.29, 0.717) is 61.6 Å². The monoisotopic (exact) mass is 555 g/mol. The summed E-state index contributed by atoms with van der Waals surface area (Å²) >= 11 is 0. The Morgan fingerprint density at radius 1 is 0.951 bits per heavy atom. The zero-order valence-corrected chi connectivity index (χ0v) is 23.9. The molecule has 3 aromatic carbocycles. The lowest BCUT2D eigenvalue weighted by Gasteiger charge is -2.33. The Labute approximate surface area is 242 Å². The van der Waals surface area contributed by atoms with Gasteiger partial charge in [-0.2, -0.15) is 5.26 Å². The molecule has 214 valence electrons. The smallest absolute Gasteiger partial charge is 0.410 e. The average Bonchev–Trinajstić information content (AvgIpc) is 2.97. The van der Waals surface area contributed by atoms with E-state index in [0.717, 1.165) is 5.56 Å². The van der Waals surface area contributed by atoms with E-state index in [9.17, 15) is 9.59 Å². The largest absolute Gasteiger partial charge is 0.492 e. The summed E-state index contributed by atoms with van der Waals surface area (Å²) in [4.78, 5) is 29.3. The molecule has 1 aliphatic rings. The van der Waals surface area contributed by atoms with Crippen molar-refractivity contribution in [2.75, 3.05) is 26.2 Å². The van der Waals surface area contributed by atoms with Gasteiger partial charge in [0.05, 0.1) is 18.2 Å². The molecule has 8 heteroatoms. The molecule has 0 spiro atoms. The third kappa shape index (κ3) is 9.00. The van der Waals surface area contributed by atoms with Crippen molar-refractivity contribution in [3.63, 3.8) is 0 Å². The minimum absolute atomic E-state index is 0.0125. The molecule has 0 aromatic heterocycles. The fourth-order valence-corrected chi connectivity index (χ4v) is 4.52. The van der Waals surface area contributed by atoms with Crippen LogP contribution in [0.3, 0.4) is 0 Å². The number of likely N-dealkylation sites (tertiary alicyclic amines) is 1. The number of hydrogen-bond acceptors (Lipinski definition) is 6. The maximum atomic E-state index is 13.5. The molecule has 41 heavy (non-hydrogen) atoms. The van der Waals surface area contributed by atoms with Crippen molar-refractivity contribution in [1.29, 1.82) is 5.26 Å². The molecule has 0 bridgehead atoms. The van der Waals surface area contributed by atoms with Crippen LogP contribution in [0.1, 0.15) is 55.1 Å². The molecule has 1 aliphatic heterocycles. The van der Waals surface area contributed by atoms with E-state index in [1.54, 1.807) is 46.2 Å². The second kappa shape index (κ2) is 13.7. The van der Waals surface area contributed by atoms with Crippen molar-refractivity contribution in [3.05, 3.63) is 95.6 Å². The molecule has 3 aromatic rings. The van der Waals surface area contributed by atoms with Gasteiger partial charge in [0.15, 0.2) is 0 Å². The van der Waals surface area contributed by atoms with Gasteiger partial charge in [-0.1, -0.05) is 36.4 Å². The predicted octanol–water partition coefficient (Wildman–Crippen LogP) is 6.06. The van der Waals surface area contributed by atoms with Crippen LogP contribution in [0.5, 0.6) is 11.5 Å². The lowest BCUT2D eigenvalue weighted by atomic mass is 10.1. The Balaban J connectivity index is 1.34. The summed E-state index contributed by atoms with van der Waals surface area (Å²) in [5.74, 6) is 1.17. The summed E-state index contributed by atoms with van der Waals surface area (Å²) in [5, 5.41) is 9.13. The maximum Gasteiger partial charge on any atom is 0.410 e. The molecule has 0 aliphatic carbocycles. The molecule has 0 radical (unpaired) electrons. The van der Waals surface area contributed by atoms with Crippen molar-refractivity contribution in [3.8, 4) is 17.6 Å². The van der Waals surface area contributed by atoms with Gasteiger partial charge in [-0.15, -0.1) is 0 Å². The van der Waals surface area contributed by atoms with Crippen molar-refractivity contribution in [2.45, 2.75) is 51.9 Å². The van der Waals surface area contributed by atoms with Gasteiger partial charge in [0.2, 0.25) is 0 Å². The van der Waals surface area contributed by atoms with E-state index in [-0.39, 0.29) is 24.7 Å². The van der Waals surface area contributed by atoms with E-state index in [1.165, 1.54) is 0 Å². The molecule has 4 rings (SSSR count). The molecule has 0 saturated carbocycles. The quantitative estimate of drug-likeness (QED) is 0.319. The molecule has 0 atom stereocenters. The molecular weight excluding hydrogens is 518 g/mol. The minimum atomic E-state index is -0.517. The van der Waals surface area contributed by atoms with Crippen LogP contribution in [0.4, 0.5) is 4.79 Å². The van der Waals surface area contributed by atoms with Gasteiger partial charge in [-0.05, 0) is 68.8 Å². The number of piperidine rings is 1. The minimum Gasteiger partial charge on any atom is -0.492 e. The molecular formula is C33H37N3O5.